The van der Waals surface area contributed by atoms with Crippen molar-refractivity contribution in [1.82, 2.24) is 19.7 Å². The first-order chi connectivity index (χ1) is 16.2. The number of hydrogen-bond acceptors (Lipinski definition) is 8. The van der Waals surface area contributed by atoms with Gasteiger partial charge in [0.25, 0.3) is 0 Å². The van der Waals surface area contributed by atoms with Gasteiger partial charge in [0.05, 0.1) is 21.7 Å². The van der Waals surface area contributed by atoms with Gasteiger partial charge in [-0.2, -0.15) is 5.26 Å². The SMILES string of the molecule is CC(Sc1nnc(-c2ccco2)n1-c1ccccc1)/C(O)=C(\C#N)c1nc2ccccc2s1. The molecule has 5 aromatic rings. The first kappa shape index (κ1) is 21.0. The number of rotatable bonds is 6. The fourth-order valence-electron chi connectivity index (χ4n) is 3.33. The fraction of sp³-hybridized carbons (Fsp3) is 0.0833. The van der Waals surface area contributed by atoms with Crippen molar-refractivity contribution in [3.05, 3.63) is 83.8 Å². The number of thioether (sulfide) groups is 1. The van der Waals surface area contributed by atoms with Gasteiger partial charge in [0.2, 0.25) is 5.82 Å². The van der Waals surface area contributed by atoms with E-state index in [0.717, 1.165) is 15.9 Å². The van der Waals surface area contributed by atoms with Gasteiger partial charge in [0.1, 0.15) is 22.4 Å². The van der Waals surface area contributed by atoms with Gasteiger partial charge in [-0.25, -0.2) is 4.98 Å². The summed E-state index contributed by atoms with van der Waals surface area (Å²) in [5.74, 6) is 1.08. The van der Waals surface area contributed by atoms with Crippen LogP contribution >= 0.6 is 23.1 Å². The van der Waals surface area contributed by atoms with E-state index in [1.807, 2.05) is 72.2 Å². The van der Waals surface area contributed by atoms with E-state index in [0.29, 0.717) is 21.7 Å². The zero-order chi connectivity index (χ0) is 22.8. The standard InChI is InChI=1S/C24H17N5O2S2/c1-15(21(30)17(14-25)23-26-18-10-5-6-12-20(18)33-23)32-24-28-27-22(19-11-7-13-31-19)29(24)16-8-3-2-4-9-16/h2-13,15,30H,1H3/b21-17-. The summed E-state index contributed by atoms with van der Waals surface area (Å²) in [7, 11) is 0. The minimum atomic E-state index is -0.470. The number of furan rings is 1. The molecule has 0 aliphatic rings. The maximum Gasteiger partial charge on any atom is 0.205 e. The molecule has 0 radical (unpaired) electrons. The normalized spacial score (nSPS) is 13.0. The summed E-state index contributed by atoms with van der Waals surface area (Å²) in [4.78, 5) is 4.52. The Kier molecular flexibility index (Phi) is 5.69. The minimum absolute atomic E-state index is 0.0521. The second-order valence-corrected chi connectivity index (χ2v) is 9.41. The number of nitrogens with zero attached hydrogens (tertiary/aromatic N) is 5. The Morgan fingerprint density at radius 1 is 1.09 bits per heavy atom. The third kappa shape index (κ3) is 4.02. The van der Waals surface area contributed by atoms with Crippen LogP contribution in [0.1, 0.15) is 11.9 Å². The Hall–Kier alpha value is -3.87. The van der Waals surface area contributed by atoms with E-state index in [9.17, 15) is 10.4 Å². The van der Waals surface area contributed by atoms with E-state index in [-0.39, 0.29) is 11.3 Å². The van der Waals surface area contributed by atoms with Crippen molar-refractivity contribution >= 4 is 38.9 Å². The number of hydrogen-bond donors (Lipinski definition) is 1. The molecule has 9 heteroatoms. The third-order valence-electron chi connectivity index (χ3n) is 4.93. The van der Waals surface area contributed by atoms with Crippen LogP contribution in [0.4, 0.5) is 0 Å². The lowest BCUT2D eigenvalue weighted by Crippen LogP contribution is -2.07. The van der Waals surface area contributed by atoms with E-state index in [4.69, 9.17) is 4.42 Å². The zero-order valence-corrected chi connectivity index (χ0v) is 19.0. The van der Waals surface area contributed by atoms with Gasteiger partial charge in [-0.3, -0.25) is 4.57 Å². The maximum absolute atomic E-state index is 11.0. The topological polar surface area (TPSA) is 101 Å². The Balaban J connectivity index is 1.53. The van der Waals surface area contributed by atoms with Crippen molar-refractivity contribution in [3.63, 3.8) is 0 Å². The average Bonchev–Trinajstić information content (AvgIpc) is 3.59. The van der Waals surface area contributed by atoms with Crippen molar-refractivity contribution < 1.29 is 9.52 Å². The van der Waals surface area contributed by atoms with Gasteiger partial charge >= 0.3 is 0 Å². The molecule has 0 bridgehead atoms. The summed E-state index contributed by atoms with van der Waals surface area (Å²) in [5, 5.41) is 30.1. The lowest BCUT2D eigenvalue weighted by atomic mass is 10.2. The average molecular weight is 472 g/mol. The van der Waals surface area contributed by atoms with Crippen LogP contribution in [-0.4, -0.2) is 30.1 Å². The summed E-state index contributed by atoms with van der Waals surface area (Å²) in [6.07, 6.45) is 1.58. The molecule has 7 nitrogen and oxygen atoms in total. The molecule has 5 rings (SSSR count). The molecule has 1 atom stereocenters. The molecule has 3 aromatic heterocycles. The highest BCUT2D eigenvalue weighted by Gasteiger charge is 2.24. The Morgan fingerprint density at radius 2 is 1.88 bits per heavy atom. The molecule has 0 fully saturated rings. The highest BCUT2D eigenvalue weighted by atomic mass is 32.2. The number of fused-ring (bicyclic) bond motifs is 1. The number of aliphatic hydroxyl groups excluding tert-OH is 1. The minimum Gasteiger partial charge on any atom is -0.510 e. The molecule has 0 saturated heterocycles. The summed E-state index contributed by atoms with van der Waals surface area (Å²) in [6, 6.07) is 23.1. The molecule has 1 N–H and O–H groups in total. The van der Waals surface area contributed by atoms with Crippen LogP contribution in [0, 0.1) is 11.3 Å². The van der Waals surface area contributed by atoms with Crippen molar-refractivity contribution in [3.8, 4) is 23.3 Å². The predicted molar refractivity (Wildman–Crippen MR) is 129 cm³/mol. The fourth-order valence-corrected chi connectivity index (χ4v) is 5.23. The Bertz CT molecular complexity index is 1450. The quantitative estimate of drug-likeness (QED) is 0.181. The number of benzene rings is 2. The van der Waals surface area contributed by atoms with Crippen LogP contribution in [-0.2, 0) is 0 Å². The molecular weight excluding hydrogens is 454 g/mol. The molecule has 3 heterocycles. The van der Waals surface area contributed by atoms with Crippen LogP contribution in [0.15, 0.2) is 88.3 Å². The smallest absolute Gasteiger partial charge is 0.205 e. The Labute approximate surface area is 197 Å². The molecule has 0 saturated carbocycles. The van der Waals surface area contributed by atoms with Gasteiger partial charge in [-0.1, -0.05) is 42.1 Å². The Morgan fingerprint density at radius 3 is 2.61 bits per heavy atom. The predicted octanol–water partition coefficient (Wildman–Crippen LogP) is 6.11. The molecule has 162 valence electrons. The number of aromatic nitrogens is 4. The van der Waals surface area contributed by atoms with Gasteiger partial charge in [0, 0.05) is 5.69 Å². The monoisotopic (exact) mass is 471 g/mol. The first-order valence-corrected chi connectivity index (χ1v) is 11.8. The highest BCUT2D eigenvalue weighted by molar-refractivity contribution is 8.00. The van der Waals surface area contributed by atoms with Crippen LogP contribution in [0.3, 0.4) is 0 Å². The molecular formula is C24H17N5O2S2. The van der Waals surface area contributed by atoms with Crippen molar-refractivity contribution in [2.45, 2.75) is 17.3 Å². The van der Waals surface area contributed by atoms with Crippen molar-refractivity contribution in [1.29, 1.82) is 5.26 Å². The number of nitriles is 1. The van der Waals surface area contributed by atoms with E-state index in [2.05, 4.69) is 21.3 Å². The second-order valence-electron chi connectivity index (χ2n) is 7.07. The molecule has 0 spiro atoms. The van der Waals surface area contributed by atoms with E-state index < -0.39 is 5.25 Å². The van der Waals surface area contributed by atoms with E-state index >= 15 is 0 Å². The van der Waals surface area contributed by atoms with E-state index in [1.54, 1.807) is 12.3 Å². The summed E-state index contributed by atoms with van der Waals surface area (Å²) in [5.41, 5.74) is 1.82. The van der Waals surface area contributed by atoms with Crippen molar-refractivity contribution in [2.75, 3.05) is 0 Å². The van der Waals surface area contributed by atoms with Crippen molar-refractivity contribution in [2.24, 2.45) is 0 Å². The second kappa shape index (κ2) is 8.94. The molecule has 0 aliphatic carbocycles. The number of allylic oxidation sites excluding steroid dienone is 1. The zero-order valence-electron chi connectivity index (χ0n) is 17.4. The maximum atomic E-state index is 11.0. The lowest BCUT2D eigenvalue weighted by Gasteiger charge is -2.13. The van der Waals surface area contributed by atoms with Crippen LogP contribution in [0.5, 0.6) is 0 Å². The summed E-state index contributed by atoms with van der Waals surface area (Å²) < 4.78 is 8.38. The first-order valence-electron chi connectivity index (χ1n) is 10.1. The molecule has 0 amide bonds. The third-order valence-corrected chi connectivity index (χ3v) is 7.04. The van der Waals surface area contributed by atoms with Gasteiger partial charge in [-0.05, 0) is 43.3 Å². The van der Waals surface area contributed by atoms with Gasteiger partial charge < -0.3 is 9.52 Å². The van der Waals surface area contributed by atoms with Crippen LogP contribution in [0.2, 0.25) is 0 Å². The van der Waals surface area contributed by atoms with Crippen LogP contribution < -0.4 is 0 Å². The van der Waals surface area contributed by atoms with Gasteiger partial charge in [0.15, 0.2) is 10.9 Å². The number of para-hydroxylation sites is 2. The lowest BCUT2D eigenvalue weighted by molar-refractivity contribution is 0.402. The summed E-state index contributed by atoms with van der Waals surface area (Å²) >= 11 is 2.68. The number of thiazole rings is 1. The largest absolute Gasteiger partial charge is 0.510 e. The molecule has 1 unspecified atom stereocenters. The molecule has 0 aliphatic heterocycles. The molecule has 33 heavy (non-hydrogen) atoms. The highest BCUT2D eigenvalue weighted by Crippen LogP contribution is 2.35. The van der Waals surface area contributed by atoms with Gasteiger partial charge in [-0.15, -0.1) is 21.5 Å². The number of aliphatic hydroxyl groups is 1. The van der Waals surface area contributed by atoms with E-state index in [1.165, 1.54) is 23.1 Å². The van der Waals surface area contributed by atoms with Crippen LogP contribution in [0.25, 0.3) is 33.1 Å². The summed E-state index contributed by atoms with van der Waals surface area (Å²) in [6.45, 7) is 1.82. The molecule has 2 aromatic carbocycles.